The number of hydrogen-bond acceptors (Lipinski definition) is 5. The van der Waals surface area contributed by atoms with E-state index < -0.39 is 6.04 Å². The maximum Gasteiger partial charge on any atom is 0.253 e. The van der Waals surface area contributed by atoms with Crippen LogP contribution < -0.4 is 10.6 Å². The lowest BCUT2D eigenvalue weighted by atomic mass is 10.0. The first kappa shape index (κ1) is 27.2. The van der Waals surface area contributed by atoms with Crippen LogP contribution in [-0.2, 0) is 11.3 Å². The van der Waals surface area contributed by atoms with Crippen LogP contribution in [0.25, 0.3) is 0 Å². The van der Waals surface area contributed by atoms with Crippen molar-refractivity contribution < 1.29 is 9.59 Å². The molecule has 3 rings (SSSR count). The number of aromatic nitrogens is 3. The van der Waals surface area contributed by atoms with Gasteiger partial charge in [-0.2, -0.15) is 0 Å². The van der Waals surface area contributed by atoms with Crippen molar-refractivity contribution in [2.45, 2.75) is 44.4 Å². The fraction of sp³-hybridized carbons (Fsp3) is 0.280. The number of carbonyl (C=O) groups is 2. The average Bonchev–Trinajstić information content (AvgIpc) is 3.22. The Kier molecular flexibility index (Phi) is 9.76. The first-order chi connectivity index (χ1) is 16.7. The Bertz CT molecular complexity index is 1230. The number of nitrogens with zero attached hydrogens (tertiary/aromatic N) is 3. The van der Waals surface area contributed by atoms with Crippen molar-refractivity contribution in [2.24, 2.45) is 0 Å². The molecule has 0 aliphatic rings. The van der Waals surface area contributed by atoms with Gasteiger partial charge in [-0.3, -0.25) is 9.59 Å². The molecule has 10 heteroatoms. The molecule has 0 unspecified atom stereocenters. The van der Waals surface area contributed by atoms with Crippen LogP contribution in [0.15, 0.2) is 60.3 Å². The molecule has 2 N–H and O–H groups in total. The molecule has 0 aliphatic heterocycles. The Labute approximate surface area is 228 Å². The van der Waals surface area contributed by atoms with Gasteiger partial charge < -0.3 is 15.2 Å². The molecular weight excluding hydrogens is 597 g/mol. The van der Waals surface area contributed by atoms with E-state index >= 15 is 0 Å². The Balaban J connectivity index is 1.69. The van der Waals surface area contributed by atoms with Gasteiger partial charge in [0.1, 0.15) is 0 Å². The normalized spacial score (nSPS) is 11.8. The minimum absolute atomic E-state index is 0.132. The summed E-state index contributed by atoms with van der Waals surface area (Å²) in [6, 6.07) is 12.4. The summed E-state index contributed by atoms with van der Waals surface area (Å²) in [7, 11) is 0. The van der Waals surface area contributed by atoms with Crippen molar-refractivity contribution >= 4 is 63.5 Å². The molecule has 2 amide bonds. The van der Waals surface area contributed by atoms with Gasteiger partial charge in [-0.25, -0.2) is 0 Å². The molecule has 7 nitrogen and oxygen atoms in total. The Morgan fingerprint density at radius 3 is 2.63 bits per heavy atom. The SMILES string of the molecule is C=CCn1c(SCC(=O)Nc2ccc(I)cc2C(C)C)nnc1[C@H](C)NC(=O)c1ccccc1Cl. The molecule has 1 aromatic heterocycles. The lowest BCUT2D eigenvalue weighted by Crippen LogP contribution is -2.29. The van der Waals surface area contributed by atoms with Crippen LogP contribution in [0, 0.1) is 3.57 Å². The predicted molar refractivity (Wildman–Crippen MR) is 150 cm³/mol. The fourth-order valence-corrected chi connectivity index (χ4v) is 4.95. The van der Waals surface area contributed by atoms with Gasteiger partial charge in [-0.1, -0.05) is 55.4 Å². The Morgan fingerprint density at radius 2 is 1.94 bits per heavy atom. The zero-order valence-electron chi connectivity index (χ0n) is 19.7. The third kappa shape index (κ3) is 7.08. The van der Waals surface area contributed by atoms with E-state index in [9.17, 15) is 9.59 Å². The van der Waals surface area contributed by atoms with Crippen molar-refractivity contribution in [3.05, 3.63) is 80.7 Å². The Hall–Kier alpha value is -2.37. The Morgan fingerprint density at radius 1 is 1.20 bits per heavy atom. The average molecular weight is 624 g/mol. The van der Waals surface area contributed by atoms with Gasteiger partial charge in [-0.05, 0) is 71.3 Å². The number of carbonyl (C=O) groups excluding carboxylic acids is 2. The van der Waals surface area contributed by atoms with Gasteiger partial charge in [-0.15, -0.1) is 16.8 Å². The molecule has 0 aliphatic carbocycles. The number of allylic oxidation sites excluding steroid dienone is 1. The molecule has 35 heavy (non-hydrogen) atoms. The number of amides is 2. The molecule has 0 radical (unpaired) electrons. The predicted octanol–water partition coefficient (Wildman–Crippen LogP) is 6.07. The highest BCUT2D eigenvalue weighted by Crippen LogP contribution is 2.27. The lowest BCUT2D eigenvalue weighted by Gasteiger charge is -2.16. The number of benzene rings is 2. The molecule has 0 saturated heterocycles. The fourth-order valence-electron chi connectivity index (χ4n) is 3.45. The molecule has 0 bridgehead atoms. The van der Waals surface area contributed by atoms with E-state index in [4.69, 9.17) is 11.6 Å². The summed E-state index contributed by atoms with van der Waals surface area (Å²) in [5.74, 6) is 0.580. The molecule has 3 aromatic rings. The second-order valence-electron chi connectivity index (χ2n) is 8.14. The minimum Gasteiger partial charge on any atom is -0.342 e. The van der Waals surface area contributed by atoms with Crippen molar-refractivity contribution in [1.82, 2.24) is 20.1 Å². The minimum atomic E-state index is -0.435. The molecule has 2 aromatic carbocycles. The van der Waals surface area contributed by atoms with Crippen LogP contribution in [-0.4, -0.2) is 32.3 Å². The molecule has 0 saturated carbocycles. The number of thioether (sulfide) groups is 1. The van der Waals surface area contributed by atoms with Gasteiger partial charge in [0.25, 0.3) is 5.91 Å². The maximum atomic E-state index is 12.7. The van der Waals surface area contributed by atoms with E-state index in [1.807, 2.05) is 23.6 Å². The second-order valence-corrected chi connectivity index (χ2v) is 10.7. The summed E-state index contributed by atoms with van der Waals surface area (Å²) in [6.07, 6.45) is 1.72. The summed E-state index contributed by atoms with van der Waals surface area (Å²) in [5.41, 5.74) is 2.30. The smallest absolute Gasteiger partial charge is 0.253 e. The van der Waals surface area contributed by atoms with Crippen molar-refractivity contribution in [1.29, 1.82) is 0 Å². The number of halogens is 2. The molecule has 184 valence electrons. The van der Waals surface area contributed by atoms with Crippen molar-refractivity contribution in [3.63, 3.8) is 0 Å². The highest BCUT2D eigenvalue weighted by atomic mass is 127. The largest absolute Gasteiger partial charge is 0.342 e. The van der Waals surface area contributed by atoms with Gasteiger partial charge in [0.15, 0.2) is 11.0 Å². The topological polar surface area (TPSA) is 88.9 Å². The summed E-state index contributed by atoms with van der Waals surface area (Å²) in [6.45, 7) is 10.3. The molecule has 1 heterocycles. The van der Waals surface area contributed by atoms with Crippen LogP contribution in [0.3, 0.4) is 0 Å². The molecular formula is C25H27ClIN5O2S. The van der Waals surface area contributed by atoms with Gasteiger partial charge in [0, 0.05) is 15.8 Å². The highest BCUT2D eigenvalue weighted by molar-refractivity contribution is 14.1. The highest BCUT2D eigenvalue weighted by Gasteiger charge is 2.21. The standard InChI is InChI=1S/C25H27ClIN5O2S/c1-5-12-32-23(16(4)28-24(34)18-8-6-7-9-20(18)26)30-31-25(32)35-14-22(33)29-21-11-10-17(27)13-19(21)15(2)3/h5-11,13,15-16H,1,12,14H2,2-4H3,(H,28,34)(H,29,33)/t16-/m0/s1. The monoisotopic (exact) mass is 623 g/mol. The maximum absolute atomic E-state index is 12.7. The summed E-state index contributed by atoms with van der Waals surface area (Å²) >= 11 is 9.70. The van der Waals surface area contributed by atoms with Crippen molar-refractivity contribution in [3.8, 4) is 0 Å². The quantitative estimate of drug-likeness (QED) is 0.163. The van der Waals surface area contributed by atoms with E-state index in [-0.39, 0.29) is 23.5 Å². The van der Waals surface area contributed by atoms with Crippen LogP contribution in [0.2, 0.25) is 5.02 Å². The zero-order chi connectivity index (χ0) is 25.5. The summed E-state index contributed by atoms with van der Waals surface area (Å²) < 4.78 is 2.96. The first-order valence-corrected chi connectivity index (χ1v) is 13.5. The van der Waals surface area contributed by atoms with Gasteiger partial charge in [0.05, 0.1) is 22.4 Å². The molecule has 1 atom stereocenters. The number of hydrogen-bond donors (Lipinski definition) is 2. The van der Waals surface area contributed by atoms with Crippen LogP contribution in [0.1, 0.15) is 54.5 Å². The summed E-state index contributed by atoms with van der Waals surface area (Å²) in [5, 5.41) is 15.4. The lowest BCUT2D eigenvalue weighted by molar-refractivity contribution is -0.113. The van der Waals surface area contributed by atoms with Crippen LogP contribution in [0.4, 0.5) is 5.69 Å². The third-order valence-electron chi connectivity index (χ3n) is 5.15. The van der Waals surface area contributed by atoms with E-state index in [1.54, 1.807) is 30.3 Å². The van der Waals surface area contributed by atoms with Gasteiger partial charge in [0.2, 0.25) is 5.91 Å². The first-order valence-electron chi connectivity index (χ1n) is 11.0. The third-order valence-corrected chi connectivity index (χ3v) is 7.12. The van der Waals surface area contributed by atoms with Crippen LogP contribution >= 0.6 is 46.0 Å². The molecule has 0 spiro atoms. The number of nitrogens with one attached hydrogen (secondary N) is 2. The number of anilines is 1. The molecule has 0 fully saturated rings. The van der Waals surface area contributed by atoms with E-state index in [1.165, 1.54) is 11.8 Å². The van der Waals surface area contributed by atoms with E-state index in [0.29, 0.717) is 28.1 Å². The zero-order valence-corrected chi connectivity index (χ0v) is 23.4. The van der Waals surface area contributed by atoms with Crippen LogP contribution in [0.5, 0.6) is 0 Å². The van der Waals surface area contributed by atoms with E-state index in [2.05, 4.69) is 69.9 Å². The second kappa shape index (κ2) is 12.5. The van der Waals surface area contributed by atoms with Gasteiger partial charge >= 0.3 is 0 Å². The van der Waals surface area contributed by atoms with E-state index in [0.717, 1.165) is 14.8 Å². The number of rotatable bonds is 10. The summed E-state index contributed by atoms with van der Waals surface area (Å²) in [4.78, 5) is 25.4. The van der Waals surface area contributed by atoms with Crippen molar-refractivity contribution in [2.75, 3.05) is 11.1 Å².